The van der Waals surface area contributed by atoms with Gasteiger partial charge in [0.15, 0.2) is 18.1 Å². The van der Waals surface area contributed by atoms with Crippen molar-refractivity contribution in [3.8, 4) is 11.5 Å². The molecule has 20 heavy (non-hydrogen) atoms. The average molecular weight is 322 g/mol. The number of hydrogen-bond donors (Lipinski definition) is 1. The van der Waals surface area contributed by atoms with Crippen LogP contribution in [-0.2, 0) is 6.54 Å². The molecule has 0 atom stereocenters. The molecule has 0 aliphatic carbocycles. The third kappa shape index (κ3) is 4.38. The normalized spacial score (nSPS) is 11.8. The predicted octanol–water partition coefficient (Wildman–Crippen LogP) is 3.15. The van der Waals surface area contributed by atoms with Gasteiger partial charge in [0.2, 0.25) is 0 Å². The van der Waals surface area contributed by atoms with Crippen molar-refractivity contribution in [1.29, 1.82) is 0 Å². The zero-order valence-electron chi connectivity index (χ0n) is 10.3. The molecule has 2 N–H and O–H groups in total. The van der Waals surface area contributed by atoms with Crippen molar-refractivity contribution in [3.63, 3.8) is 0 Å². The summed E-state index contributed by atoms with van der Waals surface area (Å²) in [5, 5.41) is 0. The summed E-state index contributed by atoms with van der Waals surface area (Å²) in [5.41, 5.74) is 5.86. The molecule has 0 spiro atoms. The van der Waals surface area contributed by atoms with Crippen LogP contribution in [0.3, 0.4) is 0 Å². The Labute approximate surface area is 118 Å². The molecule has 0 radical (unpaired) electrons. The van der Waals surface area contributed by atoms with Crippen LogP contribution in [-0.4, -0.2) is 25.8 Å². The number of alkyl halides is 5. The molecule has 0 fully saturated rings. The maximum Gasteiger partial charge on any atom is 0.456 e. The summed E-state index contributed by atoms with van der Waals surface area (Å²) in [6, 6.07) is 4.18. The Balaban J connectivity index is 0.00000361. The van der Waals surface area contributed by atoms with Gasteiger partial charge in [-0.3, -0.25) is 0 Å². The first-order valence-corrected chi connectivity index (χ1v) is 5.15. The van der Waals surface area contributed by atoms with Crippen LogP contribution in [0.2, 0.25) is 0 Å². The van der Waals surface area contributed by atoms with E-state index in [1.54, 1.807) is 6.07 Å². The van der Waals surface area contributed by atoms with Crippen molar-refractivity contribution in [3.05, 3.63) is 23.8 Å². The van der Waals surface area contributed by atoms with Crippen LogP contribution >= 0.6 is 12.4 Å². The Morgan fingerprint density at radius 2 is 1.70 bits per heavy atom. The number of rotatable bonds is 5. The van der Waals surface area contributed by atoms with Gasteiger partial charge < -0.3 is 15.2 Å². The second-order valence-electron chi connectivity index (χ2n) is 3.68. The van der Waals surface area contributed by atoms with E-state index in [1.807, 2.05) is 0 Å². The van der Waals surface area contributed by atoms with Crippen LogP contribution in [0.5, 0.6) is 11.5 Å². The van der Waals surface area contributed by atoms with E-state index in [1.165, 1.54) is 19.2 Å². The maximum atomic E-state index is 12.7. The minimum Gasteiger partial charge on any atom is -0.493 e. The molecule has 0 aliphatic rings. The molecular weight excluding hydrogens is 309 g/mol. The molecule has 0 heterocycles. The summed E-state index contributed by atoms with van der Waals surface area (Å²) in [6.07, 6.45) is -5.66. The molecule has 0 saturated carbocycles. The molecule has 1 aromatic carbocycles. The molecule has 116 valence electrons. The van der Waals surface area contributed by atoms with E-state index in [-0.39, 0.29) is 30.5 Å². The minimum absolute atomic E-state index is 0. The quantitative estimate of drug-likeness (QED) is 0.847. The highest BCUT2D eigenvalue weighted by molar-refractivity contribution is 5.85. The number of methoxy groups -OCH3 is 1. The lowest BCUT2D eigenvalue weighted by atomic mass is 10.2. The highest BCUT2D eigenvalue weighted by Crippen LogP contribution is 2.37. The molecule has 0 aromatic heterocycles. The third-order valence-electron chi connectivity index (χ3n) is 2.29. The van der Waals surface area contributed by atoms with E-state index in [0.717, 1.165) is 0 Å². The fraction of sp³-hybridized carbons (Fsp3) is 0.455. The second kappa shape index (κ2) is 6.94. The predicted molar refractivity (Wildman–Crippen MR) is 64.6 cm³/mol. The van der Waals surface area contributed by atoms with E-state index < -0.39 is 18.7 Å². The number of nitrogens with two attached hydrogens (primary N) is 1. The molecule has 9 heteroatoms. The van der Waals surface area contributed by atoms with E-state index in [0.29, 0.717) is 5.56 Å². The number of halogens is 6. The Bertz CT molecular complexity index is 439. The zero-order chi connectivity index (χ0) is 14.7. The molecule has 0 bridgehead atoms. The summed E-state index contributed by atoms with van der Waals surface area (Å²) in [5.74, 6) is -5.10. The van der Waals surface area contributed by atoms with Gasteiger partial charge in [0.25, 0.3) is 0 Å². The Kier molecular flexibility index (Phi) is 6.49. The fourth-order valence-electron chi connectivity index (χ4n) is 1.21. The lowest BCUT2D eigenvalue weighted by Crippen LogP contribution is -2.41. The summed E-state index contributed by atoms with van der Waals surface area (Å²) in [6.45, 7) is -1.73. The van der Waals surface area contributed by atoms with Crippen LogP contribution in [0.15, 0.2) is 18.2 Å². The van der Waals surface area contributed by atoms with Gasteiger partial charge >= 0.3 is 12.1 Å². The van der Waals surface area contributed by atoms with Gasteiger partial charge in [-0.2, -0.15) is 22.0 Å². The maximum absolute atomic E-state index is 12.7. The monoisotopic (exact) mass is 321 g/mol. The molecule has 3 nitrogen and oxygen atoms in total. The van der Waals surface area contributed by atoms with E-state index in [4.69, 9.17) is 10.5 Å². The number of benzene rings is 1. The largest absolute Gasteiger partial charge is 0.493 e. The van der Waals surface area contributed by atoms with Crippen molar-refractivity contribution in [1.82, 2.24) is 0 Å². The van der Waals surface area contributed by atoms with Crippen molar-refractivity contribution in [2.75, 3.05) is 13.7 Å². The van der Waals surface area contributed by atoms with Gasteiger partial charge in [0.1, 0.15) is 0 Å². The van der Waals surface area contributed by atoms with Crippen LogP contribution in [0, 0.1) is 0 Å². The lowest BCUT2D eigenvalue weighted by Gasteiger charge is -2.20. The molecule has 0 unspecified atom stereocenters. The highest BCUT2D eigenvalue weighted by atomic mass is 35.5. The third-order valence-corrected chi connectivity index (χ3v) is 2.29. The topological polar surface area (TPSA) is 44.5 Å². The zero-order valence-corrected chi connectivity index (χ0v) is 11.2. The van der Waals surface area contributed by atoms with Crippen LogP contribution < -0.4 is 15.2 Å². The molecular formula is C11H13ClF5NO2. The standard InChI is InChI=1S/C11H12F5NO2.ClH/c1-18-8-3-2-7(5-17)4-9(8)19-6-10(12,13)11(14,15)16;/h2-4H,5-6,17H2,1H3;1H. The molecule has 0 saturated heterocycles. The molecule has 1 aromatic rings. The van der Waals surface area contributed by atoms with Crippen LogP contribution in [0.4, 0.5) is 22.0 Å². The van der Waals surface area contributed by atoms with Gasteiger partial charge in [-0.1, -0.05) is 6.07 Å². The first-order chi connectivity index (χ1) is 8.71. The summed E-state index contributed by atoms with van der Waals surface area (Å²) >= 11 is 0. The van der Waals surface area contributed by atoms with Crippen molar-refractivity contribution >= 4 is 12.4 Å². The SMILES string of the molecule is COc1ccc(CN)cc1OCC(F)(F)C(F)(F)F.Cl. The molecule has 0 aliphatic heterocycles. The van der Waals surface area contributed by atoms with Crippen LogP contribution in [0.25, 0.3) is 0 Å². The van der Waals surface area contributed by atoms with Gasteiger partial charge in [0, 0.05) is 6.54 Å². The lowest BCUT2D eigenvalue weighted by molar-refractivity contribution is -0.290. The minimum atomic E-state index is -5.66. The van der Waals surface area contributed by atoms with Crippen molar-refractivity contribution < 1.29 is 31.4 Å². The van der Waals surface area contributed by atoms with Crippen LogP contribution in [0.1, 0.15) is 5.56 Å². The van der Waals surface area contributed by atoms with Crippen molar-refractivity contribution in [2.45, 2.75) is 18.6 Å². The number of hydrogen-bond acceptors (Lipinski definition) is 3. The van der Waals surface area contributed by atoms with Gasteiger partial charge in [-0.15, -0.1) is 12.4 Å². The van der Waals surface area contributed by atoms with Gasteiger partial charge in [0.05, 0.1) is 7.11 Å². The van der Waals surface area contributed by atoms with E-state index in [2.05, 4.69) is 4.74 Å². The second-order valence-corrected chi connectivity index (χ2v) is 3.68. The molecule has 0 amide bonds. The highest BCUT2D eigenvalue weighted by Gasteiger charge is 2.58. The smallest absolute Gasteiger partial charge is 0.456 e. The summed E-state index contributed by atoms with van der Waals surface area (Å²) < 4.78 is 70.7. The Morgan fingerprint density at radius 1 is 1.10 bits per heavy atom. The van der Waals surface area contributed by atoms with Crippen molar-refractivity contribution in [2.24, 2.45) is 5.73 Å². The van der Waals surface area contributed by atoms with Gasteiger partial charge in [-0.25, -0.2) is 0 Å². The Morgan fingerprint density at radius 3 is 2.15 bits per heavy atom. The average Bonchev–Trinajstić information content (AvgIpc) is 2.34. The molecule has 1 rings (SSSR count). The fourth-order valence-corrected chi connectivity index (χ4v) is 1.21. The van der Waals surface area contributed by atoms with E-state index in [9.17, 15) is 22.0 Å². The van der Waals surface area contributed by atoms with Gasteiger partial charge in [-0.05, 0) is 17.7 Å². The first kappa shape index (κ1) is 18.7. The Hall–Kier alpha value is -1.28. The number of ether oxygens (including phenoxy) is 2. The van der Waals surface area contributed by atoms with E-state index >= 15 is 0 Å². The summed E-state index contributed by atoms with van der Waals surface area (Å²) in [4.78, 5) is 0. The first-order valence-electron chi connectivity index (χ1n) is 5.15. The summed E-state index contributed by atoms with van der Waals surface area (Å²) in [7, 11) is 1.24.